The minimum absolute atomic E-state index is 0.0534. The van der Waals surface area contributed by atoms with E-state index in [0.717, 1.165) is 30.6 Å². The van der Waals surface area contributed by atoms with Crippen LogP contribution in [0, 0.1) is 12.8 Å². The molecule has 0 saturated carbocycles. The highest BCUT2D eigenvalue weighted by Gasteiger charge is 2.35. The second-order valence-electron chi connectivity index (χ2n) is 9.37. The Morgan fingerprint density at radius 2 is 1.97 bits per heavy atom. The Morgan fingerprint density at radius 1 is 1.12 bits per heavy atom. The Balaban J connectivity index is 1.24. The molecule has 4 aromatic rings. The van der Waals surface area contributed by atoms with Gasteiger partial charge in [-0.25, -0.2) is 9.78 Å². The number of hydrogen-bond acceptors (Lipinski definition) is 6. The number of carbonyl (C=O) groups excluding carboxylic acids is 1. The first-order chi connectivity index (χ1) is 16.5. The fourth-order valence-electron chi connectivity index (χ4n) is 5.60. The molecule has 3 aromatic heterocycles. The lowest BCUT2D eigenvalue weighted by molar-refractivity contribution is -0.118. The quantitative estimate of drug-likeness (QED) is 0.376. The number of anilines is 1. The number of carbonyl (C=O) groups is 1. The molecular formula is C26H24N4O4. The number of aryl methyl sites for hydroxylation is 1. The predicted molar refractivity (Wildman–Crippen MR) is 129 cm³/mol. The summed E-state index contributed by atoms with van der Waals surface area (Å²) in [5.74, 6) is 0.871. The van der Waals surface area contributed by atoms with Crippen LogP contribution in [0.5, 0.6) is 0 Å². The van der Waals surface area contributed by atoms with Gasteiger partial charge in [0.15, 0.2) is 0 Å². The summed E-state index contributed by atoms with van der Waals surface area (Å²) < 4.78 is 7.32. The molecule has 8 nitrogen and oxygen atoms in total. The molecule has 2 atom stereocenters. The Bertz CT molecular complexity index is 1570. The average molecular weight is 457 g/mol. The maximum atomic E-state index is 12.9. The Kier molecular flexibility index (Phi) is 4.84. The maximum absolute atomic E-state index is 12.9. The van der Waals surface area contributed by atoms with Crippen molar-refractivity contribution in [3.8, 4) is 0 Å². The van der Waals surface area contributed by atoms with E-state index in [1.807, 2.05) is 35.8 Å². The van der Waals surface area contributed by atoms with Crippen molar-refractivity contribution >= 4 is 33.6 Å². The van der Waals surface area contributed by atoms with Crippen LogP contribution in [-0.4, -0.2) is 40.0 Å². The van der Waals surface area contributed by atoms with Gasteiger partial charge in [-0.3, -0.25) is 14.5 Å². The van der Waals surface area contributed by atoms with E-state index in [4.69, 9.17) is 4.42 Å². The molecule has 2 bridgehead atoms. The van der Waals surface area contributed by atoms with Crippen LogP contribution in [0.4, 0.5) is 5.82 Å². The zero-order valence-electron chi connectivity index (χ0n) is 18.8. The van der Waals surface area contributed by atoms with Crippen LogP contribution in [-0.2, 0) is 11.3 Å². The molecule has 6 rings (SSSR count). The SMILES string of the molecule is Cc1cc(NC(=O)CN2C[C@@H]3C[C@@H](C2)c2cccc(=O)n2C3)nc2c1c(=O)oc1ccccc12. The topological polar surface area (TPSA) is 97.4 Å². The summed E-state index contributed by atoms with van der Waals surface area (Å²) in [7, 11) is 0. The van der Waals surface area contributed by atoms with E-state index >= 15 is 0 Å². The van der Waals surface area contributed by atoms with Gasteiger partial charge < -0.3 is 14.3 Å². The van der Waals surface area contributed by atoms with Gasteiger partial charge >= 0.3 is 5.63 Å². The standard InChI is InChI=1S/C26H24N4O4/c1-15-9-21(28-25-18-5-2-3-7-20(18)34-26(33)24(15)25)27-22(31)14-29-11-16-10-17(13-29)19-6-4-8-23(32)30(19)12-16/h2-9,16-17H,10-14H2,1H3,(H,27,28,31)/t16-,17-/m0/s1. The third-order valence-electron chi connectivity index (χ3n) is 6.96. The molecule has 0 unspecified atom stereocenters. The second-order valence-corrected chi connectivity index (χ2v) is 9.37. The smallest absolute Gasteiger partial charge is 0.346 e. The maximum Gasteiger partial charge on any atom is 0.346 e. The van der Waals surface area contributed by atoms with Crippen molar-refractivity contribution in [2.24, 2.45) is 5.92 Å². The summed E-state index contributed by atoms with van der Waals surface area (Å²) >= 11 is 0. The highest BCUT2D eigenvalue weighted by atomic mass is 16.4. The van der Waals surface area contributed by atoms with Crippen LogP contribution in [0.3, 0.4) is 0 Å². The van der Waals surface area contributed by atoms with Gasteiger partial charge in [-0.05, 0) is 49.1 Å². The largest absolute Gasteiger partial charge is 0.422 e. The lowest BCUT2D eigenvalue weighted by Gasteiger charge is -2.42. The van der Waals surface area contributed by atoms with Crippen molar-refractivity contribution in [1.82, 2.24) is 14.5 Å². The van der Waals surface area contributed by atoms with Gasteiger partial charge in [-0.2, -0.15) is 0 Å². The first-order valence-corrected chi connectivity index (χ1v) is 11.5. The molecule has 1 fully saturated rings. The van der Waals surface area contributed by atoms with Gasteiger partial charge in [0.1, 0.15) is 11.4 Å². The number of para-hydroxylation sites is 1. The molecule has 5 heterocycles. The molecule has 0 radical (unpaired) electrons. The minimum Gasteiger partial charge on any atom is -0.422 e. The number of hydrogen-bond donors (Lipinski definition) is 1. The summed E-state index contributed by atoms with van der Waals surface area (Å²) in [5.41, 5.74) is 2.38. The first-order valence-electron chi connectivity index (χ1n) is 11.5. The number of amides is 1. The molecular weight excluding hydrogens is 432 g/mol. The molecule has 8 heteroatoms. The number of piperidine rings is 1. The average Bonchev–Trinajstić information content (AvgIpc) is 2.79. The normalized spacial score (nSPS) is 19.8. The van der Waals surface area contributed by atoms with Crippen LogP contribution < -0.4 is 16.5 Å². The van der Waals surface area contributed by atoms with Gasteiger partial charge in [-0.1, -0.05) is 18.2 Å². The minimum atomic E-state index is -0.434. The zero-order valence-corrected chi connectivity index (χ0v) is 18.8. The summed E-state index contributed by atoms with van der Waals surface area (Å²) in [6.07, 6.45) is 1.04. The predicted octanol–water partition coefficient (Wildman–Crippen LogP) is 2.87. The molecule has 34 heavy (non-hydrogen) atoms. The number of aromatic nitrogens is 2. The highest BCUT2D eigenvalue weighted by Crippen LogP contribution is 2.34. The number of rotatable bonds is 3. The van der Waals surface area contributed by atoms with E-state index < -0.39 is 5.63 Å². The molecule has 2 aliphatic heterocycles. The van der Waals surface area contributed by atoms with E-state index in [0.29, 0.717) is 40.3 Å². The Hall–Kier alpha value is -3.78. The van der Waals surface area contributed by atoms with Crippen molar-refractivity contribution in [3.05, 3.63) is 80.6 Å². The summed E-state index contributed by atoms with van der Waals surface area (Å²) in [4.78, 5) is 44.4. The van der Waals surface area contributed by atoms with Crippen molar-refractivity contribution < 1.29 is 9.21 Å². The van der Waals surface area contributed by atoms with E-state index in [1.54, 1.807) is 24.3 Å². The van der Waals surface area contributed by atoms with E-state index in [-0.39, 0.29) is 23.9 Å². The van der Waals surface area contributed by atoms with Crippen molar-refractivity contribution in [2.45, 2.75) is 25.8 Å². The zero-order chi connectivity index (χ0) is 23.4. The summed E-state index contributed by atoms with van der Waals surface area (Å²) in [6.45, 7) is 4.28. The Labute approximate surface area is 194 Å². The van der Waals surface area contributed by atoms with Gasteiger partial charge in [-0.15, -0.1) is 0 Å². The van der Waals surface area contributed by atoms with E-state index in [2.05, 4.69) is 15.2 Å². The van der Waals surface area contributed by atoms with Gasteiger partial charge in [0.2, 0.25) is 5.91 Å². The summed E-state index contributed by atoms with van der Waals surface area (Å²) in [6, 6.07) is 14.4. The van der Waals surface area contributed by atoms with Crippen LogP contribution in [0.2, 0.25) is 0 Å². The lowest BCUT2D eigenvalue weighted by Crippen LogP contribution is -2.49. The van der Waals surface area contributed by atoms with Gasteiger partial charge in [0.05, 0.1) is 17.4 Å². The van der Waals surface area contributed by atoms with Crippen LogP contribution in [0.15, 0.2) is 62.5 Å². The fraction of sp³-hybridized carbons (Fsp3) is 0.308. The van der Waals surface area contributed by atoms with Crippen molar-refractivity contribution in [2.75, 3.05) is 25.0 Å². The first kappa shape index (κ1) is 20.8. The number of benzene rings is 1. The molecule has 1 N–H and O–H groups in total. The molecule has 2 aliphatic rings. The molecule has 0 aliphatic carbocycles. The number of fused-ring (bicyclic) bond motifs is 7. The molecule has 1 saturated heterocycles. The van der Waals surface area contributed by atoms with E-state index in [1.165, 1.54) is 0 Å². The lowest BCUT2D eigenvalue weighted by atomic mass is 9.83. The molecule has 1 aromatic carbocycles. The number of pyridine rings is 2. The van der Waals surface area contributed by atoms with Crippen LogP contribution in [0.25, 0.3) is 21.9 Å². The molecule has 0 spiro atoms. The highest BCUT2D eigenvalue weighted by molar-refractivity contribution is 6.04. The van der Waals surface area contributed by atoms with Crippen molar-refractivity contribution in [3.63, 3.8) is 0 Å². The van der Waals surface area contributed by atoms with E-state index in [9.17, 15) is 14.4 Å². The number of likely N-dealkylation sites (tertiary alicyclic amines) is 1. The van der Waals surface area contributed by atoms with Gasteiger partial charge in [0.25, 0.3) is 5.56 Å². The molecule has 172 valence electrons. The van der Waals surface area contributed by atoms with Crippen LogP contribution >= 0.6 is 0 Å². The third-order valence-corrected chi connectivity index (χ3v) is 6.96. The number of nitrogens with zero attached hydrogens (tertiary/aromatic N) is 3. The van der Waals surface area contributed by atoms with Gasteiger partial charge in [0, 0.05) is 42.7 Å². The van der Waals surface area contributed by atoms with Crippen molar-refractivity contribution in [1.29, 1.82) is 0 Å². The Morgan fingerprint density at radius 3 is 2.85 bits per heavy atom. The van der Waals surface area contributed by atoms with Crippen LogP contribution in [0.1, 0.15) is 23.6 Å². The number of nitrogens with one attached hydrogen (secondary N) is 1. The third kappa shape index (κ3) is 3.51. The monoisotopic (exact) mass is 456 g/mol. The summed E-state index contributed by atoms with van der Waals surface area (Å²) in [5, 5.41) is 4.08. The fourth-order valence-corrected chi connectivity index (χ4v) is 5.60. The molecule has 1 amide bonds. The second kappa shape index (κ2) is 7.92.